The first-order valence-electron chi connectivity index (χ1n) is 5.13. The number of carbonyl (C=O) groups is 2. The van der Waals surface area contributed by atoms with Crippen molar-refractivity contribution in [2.75, 3.05) is 13.1 Å². The van der Waals surface area contributed by atoms with Crippen molar-refractivity contribution in [3.05, 3.63) is 18.7 Å². The van der Waals surface area contributed by atoms with Crippen molar-refractivity contribution in [3.8, 4) is 0 Å². The van der Waals surface area contributed by atoms with Crippen LogP contribution >= 0.6 is 0 Å². The van der Waals surface area contributed by atoms with E-state index in [0.717, 1.165) is 0 Å². The number of carboxylic acids is 1. The van der Waals surface area contributed by atoms with Gasteiger partial charge >= 0.3 is 5.97 Å². The molecule has 0 spiro atoms. The fraction of sp³-hybridized carbons (Fsp3) is 0.500. The maximum Gasteiger partial charge on any atom is 0.308 e. The summed E-state index contributed by atoms with van der Waals surface area (Å²) >= 11 is 0. The molecule has 86 valence electrons. The third-order valence-corrected chi connectivity index (χ3v) is 2.75. The Morgan fingerprint density at radius 3 is 2.94 bits per heavy atom. The lowest BCUT2D eigenvalue weighted by atomic mass is 10.1. The third kappa shape index (κ3) is 2.21. The number of hydrogen-bond acceptors (Lipinski definition) is 3. The molecule has 2 rings (SSSR count). The van der Waals surface area contributed by atoms with E-state index in [1.54, 1.807) is 17.4 Å². The fourth-order valence-corrected chi connectivity index (χ4v) is 1.81. The number of nitrogens with zero attached hydrogens (tertiary/aromatic N) is 3. The maximum atomic E-state index is 11.5. The lowest BCUT2D eigenvalue weighted by molar-refractivity contribution is -0.141. The van der Waals surface area contributed by atoms with Crippen LogP contribution in [0.3, 0.4) is 0 Å². The molecule has 1 amide bonds. The zero-order chi connectivity index (χ0) is 11.5. The highest BCUT2D eigenvalue weighted by Crippen LogP contribution is 2.17. The number of rotatable bonds is 4. The molecule has 1 aliphatic rings. The monoisotopic (exact) mass is 223 g/mol. The van der Waals surface area contributed by atoms with Crippen molar-refractivity contribution in [1.82, 2.24) is 14.5 Å². The van der Waals surface area contributed by atoms with Gasteiger partial charge in [-0.05, 0) is 0 Å². The van der Waals surface area contributed by atoms with Gasteiger partial charge in [0.2, 0.25) is 5.91 Å². The second-order valence-corrected chi connectivity index (χ2v) is 3.88. The molecule has 0 saturated carbocycles. The van der Waals surface area contributed by atoms with E-state index in [-0.39, 0.29) is 12.3 Å². The molecule has 1 aliphatic heterocycles. The molecule has 16 heavy (non-hydrogen) atoms. The quantitative estimate of drug-likeness (QED) is 0.768. The zero-order valence-corrected chi connectivity index (χ0v) is 8.74. The van der Waals surface area contributed by atoms with Gasteiger partial charge < -0.3 is 14.6 Å². The molecule has 1 atom stereocenters. The first-order chi connectivity index (χ1) is 7.66. The van der Waals surface area contributed by atoms with Crippen LogP contribution in [0.4, 0.5) is 0 Å². The highest BCUT2D eigenvalue weighted by molar-refractivity contribution is 5.86. The molecular formula is C10H13N3O3. The summed E-state index contributed by atoms with van der Waals surface area (Å²) < 4.78 is 1.86. The molecule has 1 N–H and O–H groups in total. The first kappa shape index (κ1) is 10.7. The minimum absolute atomic E-state index is 0.0764. The van der Waals surface area contributed by atoms with Gasteiger partial charge in [0.1, 0.15) is 0 Å². The molecule has 1 saturated heterocycles. The number of imidazole rings is 1. The van der Waals surface area contributed by atoms with Crippen LogP contribution in [0, 0.1) is 5.92 Å². The second kappa shape index (κ2) is 4.34. The van der Waals surface area contributed by atoms with Crippen molar-refractivity contribution >= 4 is 11.9 Å². The topological polar surface area (TPSA) is 75.4 Å². The molecule has 0 unspecified atom stereocenters. The van der Waals surface area contributed by atoms with Crippen LogP contribution < -0.4 is 0 Å². The molecule has 1 aromatic heterocycles. The largest absolute Gasteiger partial charge is 0.481 e. The average molecular weight is 223 g/mol. The molecule has 1 fully saturated rings. The van der Waals surface area contributed by atoms with Crippen LogP contribution in [0.5, 0.6) is 0 Å². The molecule has 1 aromatic rings. The summed E-state index contributed by atoms with van der Waals surface area (Å²) in [7, 11) is 0. The van der Waals surface area contributed by atoms with Crippen molar-refractivity contribution in [3.63, 3.8) is 0 Å². The summed E-state index contributed by atoms with van der Waals surface area (Å²) in [4.78, 5) is 27.7. The predicted octanol–water partition coefficient (Wildman–Crippen LogP) is -0.184. The lowest BCUT2D eigenvalue weighted by Gasteiger charge is -2.15. The van der Waals surface area contributed by atoms with Gasteiger partial charge in [-0.1, -0.05) is 0 Å². The highest BCUT2D eigenvalue weighted by atomic mass is 16.4. The van der Waals surface area contributed by atoms with Gasteiger partial charge in [0.25, 0.3) is 0 Å². The number of hydrogen-bond donors (Lipinski definition) is 1. The minimum atomic E-state index is -0.890. The molecule has 6 nitrogen and oxygen atoms in total. The number of amides is 1. The number of aromatic nitrogens is 2. The Morgan fingerprint density at radius 1 is 1.56 bits per heavy atom. The first-order valence-corrected chi connectivity index (χ1v) is 5.13. The van der Waals surface area contributed by atoms with Crippen LogP contribution in [0.25, 0.3) is 0 Å². The maximum absolute atomic E-state index is 11.5. The molecule has 2 heterocycles. The predicted molar refractivity (Wildman–Crippen MR) is 54.5 cm³/mol. The van der Waals surface area contributed by atoms with Crippen molar-refractivity contribution in [2.45, 2.75) is 13.0 Å². The Balaban J connectivity index is 1.87. The Hall–Kier alpha value is -1.85. The number of carbonyl (C=O) groups excluding carboxylic acids is 1. The Morgan fingerprint density at radius 2 is 2.38 bits per heavy atom. The van der Waals surface area contributed by atoms with Gasteiger partial charge in [-0.2, -0.15) is 0 Å². The summed E-state index contributed by atoms with van der Waals surface area (Å²) in [5.41, 5.74) is 0. The molecule has 6 heteroatoms. The van der Waals surface area contributed by atoms with Gasteiger partial charge in [-0.25, -0.2) is 4.98 Å². The van der Waals surface area contributed by atoms with E-state index >= 15 is 0 Å². The van der Waals surface area contributed by atoms with Gasteiger partial charge in [0.05, 0.1) is 12.2 Å². The summed E-state index contributed by atoms with van der Waals surface area (Å²) in [6.45, 7) is 1.51. The van der Waals surface area contributed by atoms with Crippen molar-refractivity contribution in [2.24, 2.45) is 5.92 Å². The Kier molecular flexibility index (Phi) is 2.89. The lowest BCUT2D eigenvalue weighted by Crippen LogP contribution is -2.29. The van der Waals surface area contributed by atoms with Crippen LogP contribution in [-0.2, 0) is 16.1 Å². The minimum Gasteiger partial charge on any atom is -0.481 e. The van der Waals surface area contributed by atoms with Crippen LogP contribution in [0.15, 0.2) is 18.7 Å². The molecule has 0 aromatic carbocycles. The summed E-state index contributed by atoms with van der Waals surface area (Å²) in [6, 6.07) is 0. The molecular weight excluding hydrogens is 210 g/mol. The number of aliphatic carboxylic acids is 1. The number of carboxylic acid groups (broad SMARTS) is 1. The van der Waals surface area contributed by atoms with Gasteiger partial charge in [-0.15, -0.1) is 0 Å². The van der Waals surface area contributed by atoms with E-state index in [0.29, 0.717) is 19.6 Å². The average Bonchev–Trinajstić information content (AvgIpc) is 2.84. The summed E-state index contributed by atoms with van der Waals surface area (Å²) in [5, 5.41) is 8.81. The second-order valence-electron chi connectivity index (χ2n) is 3.88. The van der Waals surface area contributed by atoms with Gasteiger partial charge in [0, 0.05) is 38.4 Å². The fourth-order valence-electron chi connectivity index (χ4n) is 1.81. The van der Waals surface area contributed by atoms with Crippen molar-refractivity contribution in [1.29, 1.82) is 0 Å². The zero-order valence-electron chi connectivity index (χ0n) is 8.74. The van der Waals surface area contributed by atoms with E-state index < -0.39 is 11.9 Å². The van der Waals surface area contributed by atoms with E-state index in [2.05, 4.69) is 4.98 Å². The van der Waals surface area contributed by atoms with Crippen molar-refractivity contribution < 1.29 is 14.7 Å². The van der Waals surface area contributed by atoms with Gasteiger partial charge in [-0.3, -0.25) is 9.59 Å². The summed E-state index contributed by atoms with van der Waals surface area (Å²) in [5.74, 6) is -1.51. The number of likely N-dealkylation sites (tertiary alicyclic amines) is 1. The smallest absolute Gasteiger partial charge is 0.308 e. The Bertz CT molecular complexity index is 388. The van der Waals surface area contributed by atoms with Crippen LogP contribution in [-0.4, -0.2) is 44.5 Å². The molecule has 0 aliphatic carbocycles. The summed E-state index contributed by atoms with van der Waals surface area (Å²) in [6.07, 6.45) is 5.29. The van der Waals surface area contributed by atoms with E-state index in [1.165, 1.54) is 0 Å². The SMILES string of the molecule is O=C(O)[C@@H]1CC(=O)N(CCn2ccnc2)C1. The van der Waals surface area contributed by atoms with Crippen LogP contribution in [0.1, 0.15) is 6.42 Å². The standard InChI is InChI=1S/C10H13N3O3/c14-9-5-8(10(15)16)6-13(9)4-3-12-2-1-11-7-12/h1-2,7-8H,3-6H2,(H,15,16)/t8-/m1/s1. The van der Waals surface area contributed by atoms with Crippen LogP contribution in [0.2, 0.25) is 0 Å². The molecule has 0 bridgehead atoms. The van der Waals surface area contributed by atoms with E-state index in [4.69, 9.17) is 5.11 Å². The van der Waals surface area contributed by atoms with Gasteiger partial charge in [0.15, 0.2) is 0 Å². The van der Waals surface area contributed by atoms with E-state index in [9.17, 15) is 9.59 Å². The normalized spacial score (nSPS) is 20.4. The third-order valence-electron chi connectivity index (χ3n) is 2.75. The van der Waals surface area contributed by atoms with E-state index in [1.807, 2.05) is 10.8 Å². The highest BCUT2D eigenvalue weighted by Gasteiger charge is 2.33. The Labute approximate surface area is 92.5 Å². The molecule has 0 radical (unpaired) electrons.